The van der Waals surface area contributed by atoms with Crippen molar-refractivity contribution in [3.05, 3.63) is 29.8 Å². The van der Waals surface area contributed by atoms with Crippen LogP contribution < -0.4 is 4.90 Å². The van der Waals surface area contributed by atoms with E-state index in [1.165, 1.54) is 0 Å². The summed E-state index contributed by atoms with van der Waals surface area (Å²) in [7, 11) is 1.72. The van der Waals surface area contributed by atoms with Crippen molar-refractivity contribution < 1.29 is 9.53 Å². The minimum Gasteiger partial charge on any atom is -0.378 e. The Kier molecular flexibility index (Phi) is 3.80. The molecule has 0 bridgehead atoms. The molecule has 1 aliphatic heterocycles. The number of hydrogen-bond donors (Lipinski definition) is 0. The standard InChI is InChI=1S/C13H14N3O2/c1-15(12-4-2-11(10-14)3-5-12)13(17)16-6-8-18-9-7-16/h2,4-5H,6-9H2,1H3. The first-order chi connectivity index (χ1) is 8.72. The smallest absolute Gasteiger partial charge is 0.324 e. The third-order valence-electron chi connectivity index (χ3n) is 2.87. The van der Waals surface area contributed by atoms with E-state index in [-0.39, 0.29) is 6.03 Å². The van der Waals surface area contributed by atoms with Gasteiger partial charge in [0.05, 0.1) is 24.8 Å². The molecule has 1 fully saturated rings. The molecule has 0 aliphatic carbocycles. The Morgan fingerprint density at radius 2 is 2.22 bits per heavy atom. The molecule has 5 nitrogen and oxygen atoms in total. The molecule has 1 aromatic rings. The molecule has 0 unspecified atom stereocenters. The Labute approximate surface area is 106 Å². The summed E-state index contributed by atoms with van der Waals surface area (Å²) in [5.41, 5.74) is 1.19. The fourth-order valence-corrected chi connectivity index (χ4v) is 1.77. The van der Waals surface area contributed by atoms with Gasteiger partial charge in [0.1, 0.15) is 0 Å². The molecule has 1 heterocycles. The first-order valence-electron chi connectivity index (χ1n) is 5.74. The number of carbonyl (C=O) groups excluding carboxylic acids is 1. The van der Waals surface area contributed by atoms with E-state index in [1.54, 1.807) is 35.0 Å². The first kappa shape index (κ1) is 12.4. The van der Waals surface area contributed by atoms with Gasteiger partial charge in [-0.1, -0.05) is 0 Å². The number of benzene rings is 1. The largest absolute Gasteiger partial charge is 0.378 e. The number of morpholine rings is 1. The number of urea groups is 1. The van der Waals surface area contributed by atoms with Gasteiger partial charge in [-0.3, -0.25) is 4.90 Å². The maximum absolute atomic E-state index is 12.2. The van der Waals surface area contributed by atoms with E-state index in [2.05, 4.69) is 6.07 Å². The van der Waals surface area contributed by atoms with E-state index in [0.29, 0.717) is 31.9 Å². The van der Waals surface area contributed by atoms with Crippen LogP contribution in [0, 0.1) is 17.4 Å². The minimum absolute atomic E-state index is 0.0589. The Morgan fingerprint density at radius 3 is 2.78 bits per heavy atom. The number of anilines is 1. The highest BCUT2D eigenvalue weighted by molar-refractivity contribution is 5.91. The van der Waals surface area contributed by atoms with E-state index >= 15 is 0 Å². The van der Waals surface area contributed by atoms with Crippen LogP contribution in [0.2, 0.25) is 0 Å². The fraction of sp³-hybridized carbons (Fsp3) is 0.385. The van der Waals surface area contributed by atoms with Gasteiger partial charge in [-0.2, -0.15) is 5.26 Å². The number of nitriles is 1. The lowest BCUT2D eigenvalue weighted by Crippen LogP contribution is -2.47. The van der Waals surface area contributed by atoms with Crippen LogP contribution in [0.15, 0.2) is 18.2 Å². The third kappa shape index (κ3) is 2.60. The predicted octanol–water partition coefficient (Wildman–Crippen LogP) is 1.25. The summed E-state index contributed by atoms with van der Waals surface area (Å²) in [5, 5.41) is 8.70. The second-order valence-corrected chi connectivity index (χ2v) is 4.01. The average Bonchev–Trinajstić information content (AvgIpc) is 2.47. The molecule has 0 N–H and O–H groups in total. The Balaban J connectivity index is 2.07. The maximum Gasteiger partial charge on any atom is 0.324 e. The van der Waals surface area contributed by atoms with E-state index in [9.17, 15) is 4.79 Å². The van der Waals surface area contributed by atoms with Crippen LogP contribution >= 0.6 is 0 Å². The SMILES string of the molecule is CN(C(=O)N1CCOCC1)c1c[c]c(C#N)cc1. The Bertz CT molecular complexity index is 458. The molecule has 0 aromatic heterocycles. The average molecular weight is 244 g/mol. The lowest BCUT2D eigenvalue weighted by atomic mass is 10.2. The number of hydrogen-bond acceptors (Lipinski definition) is 3. The second kappa shape index (κ2) is 5.52. The lowest BCUT2D eigenvalue weighted by molar-refractivity contribution is 0.0551. The lowest BCUT2D eigenvalue weighted by Gasteiger charge is -2.31. The first-order valence-corrected chi connectivity index (χ1v) is 5.74. The van der Waals surface area contributed by atoms with Gasteiger partial charge in [-0.05, 0) is 18.2 Å². The molecule has 18 heavy (non-hydrogen) atoms. The summed E-state index contributed by atoms with van der Waals surface area (Å²) in [6.45, 7) is 2.39. The second-order valence-electron chi connectivity index (χ2n) is 4.01. The monoisotopic (exact) mass is 244 g/mol. The van der Waals surface area contributed by atoms with Crippen molar-refractivity contribution in [1.29, 1.82) is 5.26 Å². The van der Waals surface area contributed by atoms with Crippen molar-refractivity contribution in [1.82, 2.24) is 4.90 Å². The zero-order chi connectivity index (χ0) is 13.0. The van der Waals surface area contributed by atoms with Gasteiger partial charge in [0.2, 0.25) is 0 Å². The van der Waals surface area contributed by atoms with Crippen molar-refractivity contribution in [3.8, 4) is 6.07 Å². The summed E-state index contributed by atoms with van der Waals surface area (Å²) in [5.74, 6) is 0. The molecule has 1 radical (unpaired) electrons. The van der Waals surface area contributed by atoms with Crippen LogP contribution in [-0.2, 0) is 4.74 Å². The molecule has 93 valence electrons. The van der Waals surface area contributed by atoms with Gasteiger partial charge in [0, 0.05) is 31.9 Å². The topological polar surface area (TPSA) is 56.6 Å². The zero-order valence-electron chi connectivity index (χ0n) is 10.2. The number of amides is 2. The van der Waals surface area contributed by atoms with Crippen LogP contribution in [-0.4, -0.2) is 44.3 Å². The van der Waals surface area contributed by atoms with Crippen LogP contribution in [0.25, 0.3) is 0 Å². The summed E-state index contributed by atoms with van der Waals surface area (Å²) in [6.07, 6.45) is 0. The molecule has 1 saturated heterocycles. The molecule has 1 aromatic carbocycles. The summed E-state index contributed by atoms with van der Waals surface area (Å²) < 4.78 is 5.21. The van der Waals surface area contributed by atoms with Gasteiger partial charge in [0.25, 0.3) is 0 Å². The third-order valence-corrected chi connectivity index (χ3v) is 2.87. The van der Waals surface area contributed by atoms with Gasteiger partial charge >= 0.3 is 6.03 Å². The molecule has 2 amide bonds. The van der Waals surface area contributed by atoms with Crippen molar-refractivity contribution in [3.63, 3.8) is 0 Å². The van der Waals surface area contributed by atoms with E-state index < -0.39 is 0 Å². The van der Waals surface area contributed by atoms with Crippen molar-refractivity contribution in [2.75, 3.05) is 38.3 Å². The highest BCUT2D eigenvalue weighted by atomic mass is 16.5. The zero-order valence-corrected chi connectivity index (χ0v) is 10.2. The van der Waals surface area contributed by atoms with Crippen LogP contribution in [0.1, 0.15) is 5.56 Å². The molecule has 5 heteroatoms. The number of ether oxygens (including phenoxy) is 1. The normalized spacial score (nSPS) is 15.0. The molecular weight excluding hydrogens is 230 g/mol. The van der Waals surface area contributed by atoms with Crippen LogP contribution in [0.5, 0.6) is 0 Å². The summed E-state index contributed by atoms with van der Waals surface area (Å²) in [4.78, 5) is 15.5. The van der Waals surface area contributed by atoms with E-state index in [4.69, 9.17) is 10.00 Å². The van der Waals surface area contributed by atoms with Crippen molar-refractivity contribution in [2.24, 2.45) is 0 Å². The maximum atomic E-state index is 12.2. The van der Waals surface area contributed by atoms with Crippen molar-refractivity contribution >= 4 is 11.7 Å². The molecule has 0 atom stereocenters. The molecule has 0 saturated carbocycles. The van der Waals surface area contributed by atoms with Crippen LogP contribution in [0.3, 0.4) is 0 Å². The van der Waals surface area contributed by atoms with E-state index in [0.717, 1.165) is 5.69 Å². The molecule has 1 aliphatic rings. The van der Waals surface area contributed by atoms with Gasteiger partial charge in [-0.15, -0.1) is 0 Å². The van der Waals surface area contributed by atoms with E-state index in [1.807, 2.05) is 6.07 Å². The quantitative estimate of drug-likeness (QED) is 0.747. The number of rotatable bonds is 1. The molecule has 2 rings (SSSR count). The van der Waals surface area contributed by atoms with Crippen molar-refractivity contribution in [2.45, 2.75) is 0 Å². The molecule has 0 spiro atoms. The van der Waals surface area contributed by atoms with Gasteiger partial charge in [0.15, 0.2) is 0 Å². The summed E-state index contributed by atoms with van der Waals surface area (Å²) in [6, 6.07) is 9.81. The Hall–Kier alpha value is -2.06. The highest BCUT2D eigenvalue weighted by Gasteiger charge is 2.21. The van der Waals surface area contributed by atoms with Gasteiger partial charge < -0.3 is 9.64 Å². The fourth-order valence-electron chi connectivity index (χ4n) is 1.77. The number of carbonyl (C=O) groups is 1. The predicted molar refractivity (Wildman–Crippen MR) is 66.2 cm³/mol. The summed E-state index contributed by atoms with van der Waals surface area (Å²) >= 11 is 0. The molecular formula is C13H14N3O2. The van der Waals surface area contributed by atoms with Crippen LogP contribution in [0.4, 0.5) is 10.5 Å². The van der Waals surface area contributed by atoms with Gasteiger partial charge in [-0.25, -0.2) is 4.79 Å². The minimum atomic E-state index is -0.0589. The highest BCUT2D eigenvalue weighted by Crippen LogP contribution is 2.15. The Morgan fingerprint density at radius 1 is 1.50 bits per heavy atom. The number of nitrogens with zero attached hydrogens (tertiary/aromatic N) is 3.